The van der Waals surface area contributed by atoms with Crippen LogP contribution in [0.4, 0.5) is 0 Å². The van der Waals surface area contributed by atoms with Crippen LogP contribution in [0.15, 0.2) is 0 Å². The van der Waals surface area contributed by atoms with E-state index in [4.69, 9.17) is 14.6 Å². The molecule has 1 aliphatic rings. The van der Waals surface area contributed by atoms with Crippen molar-refractivity contribution in [3.8, 4) is 0 Å². The van der Waals surface area contributed by atoms with Crippen molar-refractivity contribution in [3.05, 3.63) is 0 Å². The zero-order valence-electron chi connectivity index (χ0n) is 19.4. The standard InChI is InChI=1S/C24H46O7/c1-2-3-4-5-6-7-8-9-10-11-12-13-14-15-16-17-20(26)31-24-23(29)22(28)21(27)19(18-25)30-24/h19,21-25,27-29H,2-18H2,1H3/t19-,21-,22+,23-,24-/m1/s1. The van der Waals surface area contributed by atoms with Crippen LogP contribution in [0.25, 0.3) is 0 Å². The van der Waals surface area contributed by atoms with Crippen molar-refractivity contribution in [2.75, 3.05) is 6.61 Å². The predicted molar refractivity (Wildman–Crippen MR) is 119 cm³/mol. The molecule has 0 radical (unpaired) electrons. The second-order valence-electron chi connectivity index (χ2n) is 8.89. The molecule has 5 atom stereocenters. The maximum absolute atomic E-state index is 12.0. The normalized spacial score (nSPS) is 26.2. The van der Waals surface area contributed by atoms with Crippen LogP contribution in [0, 0.1) is 0 Å². The van der Waals surface area contributed by atoms with E-state index in [1.165, 1.54) is 77.0 Å². The van der Waals surface area contributed by atoms with Crippen molar-refractivity contribution < 1.29 is 34.7 Å². The first-order chi connectivity index (χ1) is 15.0. The van der Waals surface area contributed by atoms with Crippen LogP contribution >= 0.6 is 0 Å². The van der Waals surface area contributed by atoms with Crippen molar-refractivity contribution in [2.45, 2.75) is 140 Å². The fourth-order valence-electron chi connectivity index (χ4n) is 3.99. The number of hydrogen-bond donors (Lipinski definition) is 4. The van der Waals surface area contributed by atoms with Gasteiger partial charge in [-0.2, -0.15) is 0 Å². The predicted octanol–water partition coefficient (Wildman–Crippen LogP) is 3.59. The third-order valence-electron chi connectivity index (χ3n) is 6.08. The Morgan fingerprint density at radius 1 is 0.710 bits per heavy atom. The average Bonchev–Trinajstić information content (AvgIpc) is 2.76. The fraction of sp³-hybridized carbons (Fsp3) is 0.958. The van der Waals surface area contributed by atoms with Gasteiger partial charge in [0.25, 0.3) is 0 Å². The van der Waals surface area contributed by atoms with Gasteiger partial charge in [-0.25, -0.2) is 0 Å². The van der Waals surface area contributed by atoms with Crippen LogP contribution in [-0.4, -0.2) is 63.7 Å². The smallest absolute Gasteiger partial charge is 0.308 e. The minimum atomic E-state index is -1.54. The highest BCUT2D eigenvalue weighted by Gasteiger charge is 2.45. The second-order valence-corrected chi connectivity index (χ2v) is 8.89. The quantitative estimate of drug-likeness (QED) is 0.188. The summed E-state index contributed by atoms with van der Waals surface area (Å²) in [4.78, 5) is 12.0. The van der Waals surface area contributed by atoms with E-state index < -0.39 is 43.3 Å². The zero-order valence-corrected chi connectivity index (χ0v) is 19.4. The molecular weight excluding hydrogens is 400 g/mol. The monoisotopic (exact) mass is 446 g/mol. The van der Waals surface area contributed by atoms with Gasteiger partial charge in [-0.05, 0) is 6.42 Å². The first kappa shape index (κ1) is 28.3. The highest BCUT2D eigenvalue weighted by molar-refractivity contribution is 5.69. The topological polar surface area (TPSA) is 116 Å². The Hall–Kier alpha value is -0.730. The Morgan fingerprint density at radius 3 is 1.61 bits per heavy atom. The van der Waals surface area contributed by atoms with Crippen LogP contribution in [0.2, 0.25) is 0 Å². The lowest BCUT2D eigenvalue weighted by Gasteiger charge is -2.39. The average molecular weight is 447 g/mol. The van der Waals surface area contributed by atoms with Gasteiger partial charge >= 0.3 is 5.97 Å². The lowest BCUT2D eigenvalue weighted by atomic mass is 9.99. The molecule has 0 aliphatic carbocycles. The van der Waals surface area contributed by atoms with E-state index in [1.807, 2.05) is 0 Å². The summed E-state index contributed by atoms with van der Waals surface area (Å²) in [5.74, 6) is -0.515. The van der Waals surface area contributed by atoms with Gasteiger partial charge in [-0.15, -0.1) is 0 Å². The number of hydrogen-bond acceptors (Lipinski definition) is 7. The molecule has 1 fully saturated rings. The molecule has 7 heteroatoms. The Balaban J connectivity index is 1.95. The van der Waals surface area contributed by atoms with Crippen LogP contribution in [0.3, 0.4) is 0 Å². The Labute approximate surface area is 188 Å². The number of aliphatic hydroxyl groups is 4. The molecule has 0 aromatic rings. The number of unbranched alkanes of at least 4 members (excludes halogenated alkanes) is 14. The van der Waals surface area contributed by atoms with E-state index in [1.54, 1.807) is 0 Å². The van der Waals surface area contributed by atoms with Gasteiger partial charge in [0, 0.05) is 6.42 Å². The van der Waals surface area contributed by atoms with Gasteiger partial charge < -0.3 is 29.9 Å². The molecular formula is C24H46O7. The summed E-state index contributed by atoms with van der Waals surface area (Å²) in [7, 11) is 0. The summed E-state index contributed by atoms with van der Waals surface area (Å²) >= 11 is 0. The van der Waals surface area contributed by atoms with E-state index in [2.05, 4.69) is 6.92 Å². The van der Waals surface area contributed by atoms with Crippen molar-refractivity contribution in [1.29, 1.82) is 0 Å². The molecule has 0 saturated carbocycles. The lowest BCUT2D eigenvalue weighted by molar-refractivity contribution is -0.292. The van der Waals surface area contributed by atoms with Crippen molar-refractivity contribution in [2.24, 2.45) is 0 Å². The van der Waals surface area contributed by atoms with Crippen LogP contribution < -0.4 is 0 Å². The van der Waals surface area contributed by atoms with E-state index in [-0.39, 0.29) is 6.42 Å². The molecule has 0 spiro atoms. The van der Waals surface area contributed by atoms with Gasteiger partial charge in [0.1, 0.15) is 24.4 Å². The molecule has 31 heavy (non-hydrogen) atoms. The van der Waals surface area contributed by atoms with E-state index in [9.17, 15) is 20.1 Å². The Kier molecular flexibility index (Phi) is 16.2. The van der Waals surface area contributed by atoms with Gasteiger partial charge in [0.2, 0.25) is 6.29 Å². The molecule has 7 nitrogen and oxygen atoms in total. The fourth-order valence-corrected chi connectivity index (χ4v) is 3.99. The summed E-state index contributed by atoms with van der Waals surface area (Å²) < 4.78 is 10.3. The van der Waals surface area contributed by atoms with Gasteiger partial charge in [-0.1, -0.05) is 96.8 Å². The molecule has 0 aromatic heterocycles. The third kappa shape index (κ3) is 12.2. The molecule has 4 N–H and O–H groups in total. The summed E-state index contributed by atoms with van der Waals surface area (Å²) in [5.41, 5.74) is 0. The number of aliphatic hydroxyl groups excluding tert-OH is 4. The molecule has 0 aromatic carbocycles. The van der Waals surface area contributed by atoms with Crippen LogP contribution in [0.1, 0.15) is 110 Å². The van der Waals surface area contributed by atoms with E-state index in [0.717, 1.165) is 12.8 Å². The summed E-state index contributed by atoms with van der Waals surface area (Å²) in [6, 6.07) is 0. The molecule has 0 amide bonds. The van der Waals surface area contributed by atoms with Crippen molar-refractivity contribution >= 4 is 5.97 Å². The van der Waals surface area contributed by atoms with Crippen LogP contribution in [0.5, 0.6) is 0 Å². The SMILES string of the molecule is CCCCCCCCCCCCCCCCCC(=O)O[C@H]1O[C@H](CO)[C@@H](O)[C@H](O)[C@H]1O. The first-order valence-corrected chi connectivity index (χ1v) is 12.5. The maximum atomic E-state index is 12.0. The second kappa shape index (κ2) is 17.8. The Morgan fingerprint density at radius 2 is 1.16 bits per heavy atom. The first-order valence-electron chi connectivity index (χ1n) is 12.5. The number of rotatable bonds is 18. The third-order valence-corrected chi connectivity index (χ3v) is 6.08. The lowest BCUT2D eigenvalue weighted by Crippen LogP contribution is -2.59. The van der Waals surface area contributed by atoms with E-state index >= 15 is 0 Å². The van der Waals surface area contributed by atoms with Gasteiger partial charge in [0.05, 0.1) is 6.61 Å². The largest absolute Gasteiger partial charge is 0.433 e. The number of ether oxygens (including phenoxy) is 2. The van der Waals surface area contributed by atoms with Crippen LogP contribution in [-0.2, 0) is 14.3 Å². The molecule has 1 rings (SSSR count). The van der Waals surface area contributed by atoms with Gasteiger partial charge in [-0.3, -0.25) is 4.79 Å². The van der Waals surface area contributed by atoms with E-state index in [0.29, 0.717) is 6.42 Å². The minimum Gasteiger partial charge on any atom is -0.433 e. The van der Waals surface area contributed by atoms with Crippen molar-refractivity contribution in [3.63, 3.8) is 0 Å². The molecule has 184 valence electrons. The zero-order chi connectivity index (χ0) is 22.9. The Bertz CT molecular complexity index is 444. The molecule has 0 bridgehead atoms. The highest BCUT2D eigenvalue weighted by Crippen LogP contribution is 2.22. The maximum Gasteiger partial charge on any atom is 0.308 e. The molecule has 0 unspecified atom stereocenters. The van der Waals surface area contributed by atoms with Crippen molar-refractivity contribution in [1.82, 2.24) is 0 Å². The summed E-state index contributed by atoms with van der Waals surface area (Å²) in [6.07, 6.45) is 12.0. The summed E-state index contributed by atoms with van der Waals surface area (Å²) in [5, 5.41) is 38.5. The molecule has 1 aliphatic heterocycles. The highest BCUT2D eigenvalue weighted by atomic mass is 16.7. The summed E-state index contributed by atoms with van der Waals surface area (Å²) in [6.45, 7) is 1.71. The minimum absolute atomic E-state index is 0.216. The number of carbonyl (C=O) groups excluding carboxylic acids is 1. The van der Waals surface area contributed by atoms with Gasteiger partial charge in [0.15, 0.2) is 0 Å². The number of carbonyl (C=O) groups is 1. The molecule has 1 saturated heterocycles. The number of esters is 1. The molecule has 1 heterocycles.